The first-order valence-electron chi connectivity index (χ1n) is 8.02. The lowest BCUT2D eigenvalue weighted by molar-refractivity contribution is -0.123. The molecule has 2 heterocycles. The molecule has 22 heavy (non-hydrogen) atoms. The van der Waals surface area contributed by atoms with Crippen LogP contribution in [0.15, 0.2) is 24.3 Å². The Hall–Kier alpha value is -1.20. The summed E-state index contributed by atoms with van der Waals surface area (Å²) in [7, 11) is 0. The summed E-state index contributed by atoms with van der Waals surface area (Å²) >= 11 is 1.99. The average Bonchev–Trinajstić information content (AvgIpc) is 2.52. The van der Waals surface area contributed by atoms with Gasteiger partial charge in [-0.2, -0.15) is 11.8 Å². The summed E-state index contributed by atoms with van der Waals surface area (Å²) in [5.74, 6) is 2.13. The van der Waals surface area contributed by atoms with E-state index in [-0.39, 0.29) is 11.9 Å². The molecule has 1 saturated heterocycles. The number of amides is 1. The van der Waals surface area contributed by atoms with E-state index in [1.54, 1.807) is 0 Å². The van der Waals surface area contributed by atoms with E-state index in [0.717, 1.165) is 30.0 Å². The van der Waals surface area contributed by atoms with E-state index in [0.29, 0.717) is 24.4 Å². The molecule has 1 fully saturated rings. The van der Waals surface area contributed by atoms with Crippen molar-refractivity contribution < 1.29 is 9.53 Å². The van der Waals surface area contributed by atoms with Gasteiger partial charge in [-0.1, -0.05) is 25.1 Å². The molecular weight excluding hydrogens is 296 g/mol. The van der Waals surface area contributed by atoms with Gasteiger partial charge in [0.1, 0.15) is 5.75 Å². The van der Waals surface area contributed by atoms with Gasteiger partial charge >= 0.3 is 0 Å². The van der Waals surface area contributed by atoms with Crippen LogP contribution in [0.3, 0.4) is 0 Å². The first-order chi connectivity index (χ1) is 10.6. The van der Waals surface area contributed by atoms with Crippen LogP contribution in [0, 0.1) is 0 Å². The third-order valence-corrected chi connectivity index (χ3v) is 5.99. The number of nitrogens with zero attached hydrogens (tertiary/aromatic N) is 1. The molecule has 2 aliphatic heterocycles. The van der Waals surface area contributed by atoms with Gasteiger partial charge in [0, 0.05) is 35.6 Å². The lowest BCUT2D eigenvalue weighted by atomic mass is 10.0. The maximum Gasteiger partial charge on any atom is 0.234 e. The zero-order valence-corrected chi connectivity index (χ0v) is 14.1. The number of rotatable bonds is 3. The molecule has 0 saturated carbocycles. The summed E-state index contributed by atoms with van der Waals surface area (Å²) in [5, 5.41) is 3.78. The van der Waals surface area contributed by atoms with Gasteiger partial charge in [-0.25, -0.2) is 0 Å². The van der Waals surface area contributed by atoms with E-state index in [1.165, 1.54) is 0 Å². The second-order valence-corrected chi connectivity index (χ2v) is 7.57. The molecule has 0 aromatic heterocycles. The van der Waals surface area contributed by atoms with Gasteiger partial charge in [-0.05, 0) is 13.0 Å². The van der Waals surface area contributed by atoms with Crippen LogP contribution in [0.5, 0.6) is 5.75 Å². The summed E-state index contributed by atoms with van der Waals surface area (Å²) < 4.78 is 5.65. The van der Waals surface area contributed by atoms with Crippen LogP contribution in [0.4, 0.5) is 0 Å². The highest BCUT2D eigenvalue weighted by Gasteiger charge is 2.28. The molecule has 3 atom stereocenters. The molecule has 5 heteroatoms. The lowest BCUT2D eigenvalue weighted by Crippen LogP contribution is -2.49. The minimum absolute atomic E-state index is 0.0735. The number of thioether (sulfide) groups is 1. The number of carbonyl (C=O) groups excluding carboxylic acids is 1. The van der Waals surface area contributed by atoms with Gasteiger partial charge in [0.05, 0.1) is 19.2 Å². The maximum absolute atomic E-state index is 12.4. The third-order valence-electron chi connectivity index (χ3n) is 4.65. The van der Waals surface area contributed by atoms with Gasteiger partial charge in [-0.3, -0.25) is 9.69 Å². The minimum Gasteiger partial charge on any atom is -0.493 e. The van der Waals surface area contributed by atoms with E-state index in [4.69, 9.17) is 4.74 Å². The van der Waals surface area contributed by atoms with Crippen LogP contribution in [0.1, 0.15) is 31.9 Å². The first-order valence-corrected chi connectivity index (χ1v) is 9.07. The standard InChI is InChI=1S/C17H24N2O2S/c1-12-13(2)22-10-8-19(12)11-17(20)18-15-7-9-21-16-6-4-3-5-14(15)16/h3-6,12-13,15H,7-11H2,1-2H3,(H,18,20)/t12-,13-,15-/m0/s1. The van der Waals surface area contributed by atoms with Crippen LogP contribution < -0.4 is 10.1 Å². The topological polar surface area (TPSA) is 41.6 Å². The fourth-order valence-corrected chi connectivity index (χ4v) is 4.30. The highest BCUT2D eigenvalue weighted by atomic mass is 32.2. The molecule has 1 amide bonds. The molecule has 0 aliphatic carbocycles. The lowest BCUT2D eigenvalue weighted by Gasteiger charge is -2.37. The number of benzene rings is 1. The van der Waals surface area contributed by atoms with E-state index in [2.05, 4.69) is 24.1 Å². The van der Waals surface area contributed by atoms with E-state index in [1.807, 2.05) is 36.0 Å². The van der Waals surface area contributed by atoms with Gasteiger partial charge in [0.25, 0.3) is 0 Å². The number of ether oxygens (including phenoxy) is 1. The molecule has 0 radical (unpaired) electrons. The molecule has 3 rings (SSSR count). The van der Waals surface area contributed by atoms with Crippen molar-refractivity contribution in [2.75, 3.05) is 25.4 Å². The predicted molar refractivity (Wildman–Crippen MR) is 90.4 cm³/mol. The maximum atomic E-state index is 12.4. The summed E-state index contributed by atoms with van der Waals surface area (Å²) in [4.78, 5) is 14.7. The highest BCUT2D eigenvalue weighted by molar-refractivity contribution is 8.00. The average molecular weight is 320 g/mol. The second-order valence-electron chi connectivity index (χ2n) is 6.08. The van der Waals surface area contributed by atoms with Gasteiger partial charge in [-0.15, -0.1) is 0 Å². The van der Waals surface area contributed by atoms with Crippen molar-refractivity contribution in [3.05, 3.63) is 29.8 Å². The number of carbonyl (C=O) groups is 1. The van der Waals surface area contributed by atoms with Gasteiger partial charge in [0.2, 0.25) is 5.91 Å². The number of hydrogen-bond donors (Lipinski definition) is 1. The molecule has 1 N–H and O–H groups in total. The second kappa shape index (κ2) is 6.92. The number of nitrogens with one attached hydrogen (secondary N) is 1. The van der Waals surface area contributed by atoms with Crippen molar-refractivity contribution in [1.82, 2.24) is 10.2 Å². The Bertz CT molecular complexity index is 537. The summed E-state index contributed by atoms with van der Waals surface area (Å²) in [5.41, 5.74) is 1.10. The molecule has 2 aliphatic rings. The zero-order chi connectivity index (χ0) is 15.5. The molecular formula is C17H24N2O2S. The van der Waals surface area contributed by atoms with E-state index >= 15 is 0 Å². The Morgan fingerprint density at radius 2 is 2.23 bits per heavy atom. The SMILES string of the molecule is C[C@@H]1SCCN(CC(=O)N[C@H]2CCOc3ccccc32)[C@H]1C. The van der Waals surface area contributed by atoms with Crippen LogP contribution in [0.25, 0.3) is 0 Å². The van der Waals surface area contributed by atoms with E-state index < -0.39 is 0 Å². The van der Waals surface area contributed by atoms with Crippen molar-refractivity contribution in [3.8, 4) is 5.75 Å². The quantitative estimate of drug-likeness (QED) is 0.929. The van der Waals surface area contributed by atoms with Crippen LogP contribution >= 0.6 is 11.8 Å². The first kappa shape index (κ1) is 15.7. The number of hydrogen-bond acceptors (Lipinski definition) is 4. The molecule has 1 aromatic rings. The molecule has 120 valence electrons. The largest absolute Gasteiger partial charge is 0.493 e. The zero-order valence-electron chi connectivity index (χ0n) is 13.2. The number of fused-ring (bicyclic) bond motifs is 1. The van der Waals surface area contributed by atoms with Crippen molar-refractivity contribution in [1.29, 1.82) is 0 Å². The Morgan fingerprint density at radius 3 is 3.09 bits per heavy atom. The summed E-state index contributed by atoms with van der Waals surface area (Å²) in [6.07, 6.45) is 0.838. The van der Waals surface area contributed by atoms with Crippen molar-refractivity contribution in [3.63, 3.8) is 0 Å². The van der Waals surface area contributed by atoms with Crippen LogP contribution in [-0.4, -0.2) is 47.5 Å². The Labute approximate surface area is 136 Å². The van der Waals surface area contributed by atoms with Crippen molar-refractivity contribution >= 4 is 17.7 Å². The molecule has 0 spiro atoms. The molecule has 0 bridgehead atoms. The Kier molecular flexibility index (Phi) is 4.93. The van der Waals surface area contributed by atoms with Crippen molar-refractivity contribution in [2.45, 2.75) is 37.6 Å². The normalized spacial score (nSPS) is 28.5. The Balaban J connectivity index is 1.61. The fraction of sp³-hybridized carbons (Fsp3) is 0.588. The predicted octanol–water partition coefficient (Wildman–Crippen LogP) is 2.45. The Morgan fingerprint density at radius 1 is 1.41 bits per heavy atom. The van der Waals surface area contributed by atoms with Crippen molar-refractivity contribution in [2.24, 2.45) is 0 Å². The van der Waals surface area contributed by atoms with E-state index in [9.17, 15) is 4.79 Å². The third kappa shape index (κ3) is 3.41. The molecule has 1 aromatic carbocycles. The molecule has 0 unspecified atom stereocenters. The number of para-hydroxylation sites is 1. The molecule has 4 nitrogen and oxygen atoms in total. The summed E-state index contributed by atoms with van der Waals surface area (Å²) in [6.45, 7) is 6.61. The summed E-state index contributed by atoms with van der Waals surface area (Å²) in [6, 6.07) is 8.51. The fourth-order valence-electron chi connectivity index (χ4n) is 3.14. The van der Waals surface area contributed by atoms with Gasteiger partial charge < -0.3 is 10.1 Å². The highest BCUT2D eigenvalue weighted by Crippen LogP contribution is 2.31. The van der Waals surface area contributed by atoms with Gasteiger partial charge in [0.15, 0.2) is 0 Å². The van der Waals surface area contributed by atoms with Crippen LogP contribution in [0.2, 0.25) is 0 Å². The monoisotopic (exact) mass is 320 g/mol. The smallest absolute Gasteiger partial charge is 0.234 e. The van der Waals surface area contributed by atoms with Crippen LogP contribution in [-0.2, 0) is 4.79 Å². The minimum atomic E-state index is 0.0735.